The van der Waals surface area contributed by atoms with Crippen molar-refractivity contribution in [2.75, 3.05) is 52.8 Å². The minimum Gasteiger partial charge on any atom is -0.508 e. The summed E-state index contributed by atoms with van der Waals surface area (Å²) in [7, 11) is 0. The van der Waals surface area contributed by atoms with Crippen molar-refractivity contribution in [3.63, 3.8) is 0 Å². The van der Waals surface area contributed by atoms with E-state index in [1.165, 1.54) is 16.2 Å². The monoisotopic (exact) mass is 950 g/mol. The molecule has 0 radical (unpaired) electrons. The normalized spacial score (nSPS) is 15.2. The molecule has 0 aliphatic carbocycles. The average Bonchev–Trinajstić information content (AvgIpc) is 4.05. The molecule has 0 spiro atoms. The molecule has 67 heavy (non-hydrogen) atoms. The van der Waals surface area contributed by atoms with Crippen LogP contribution in [-0.2, 0) is 35.1 Å². The zero-order chi connectivity index (χ0) is 47.5. The zero-order valence-electron chi connectivity index (χ0n) is 37.4. The number of phenols is 2. The maximum absolute atomic E-state index is 13.9. The summed E-state index contributed by atoms with van der Waals surface area (Å²) in [5.74, 6) is -0.991. The molecule has 3 amide bonds. The number of rotatable bonds is 22. The first-order chi connectivity index (χ1) is 32.4. The molecule has 1 saturated heterocycles. The fourth-order valence-electron chi connectivity index (χ4n) is 7.67. The highest BCUT2D eigenvalue weighted by Crippen LogP contribution is 2.41. The molecule has 15 nitrogen and oxygen atoms in total. The number of hydrogen-bond acceptors (Lipinski definition) is 14. The summed E-state index contributed by atoms with van der Waals surface area (Å²) in [4.78, 5) is 61.2. The molecule has 17 heteroatoms. The molecule has 7 rings (SSSR count). The molecule has 0 saturated carbocycles. The highest BCUT2D eigenvalue weighted by Gasteiger charge is 2.42. The third-order valence-corrected chi connectivity index (χ3v) is 13.3. The highest BCUT2D eigenvalue weighted by molar-refractivity contribution is 7.22. The van der Waals surface area contributed by atoms with Gasteiger partial charge in [0.05, 0.1) is 55.2 Å². The van der Waals surface area contributed by atoms with E-state index in [2.05, 4.69) is 15.6 Å². The number of aromatic hydroxyl groups is 2. The molecule has 3 heterocycles. The van der Waals surface area contributed by atoms with Crippen molar-refractivity contribution in [3.05, 3.63) is 119 Å². The number of carbonyl (C=O) groups excluding carboxylic acids is 4. The van der Waals surface area contributed by atoms with E-state index >= 15 is 0 Å². The van der Waals surface area contributed by atoms with Crippen LogP contribution in [-0.4, -0.2) is 120 Å². The number of phenolic OH excluding ortho intramolecular Hbond substituents is 2. The first-order valence-corrected chi connectivity index (χ1v) is 23.7. The van der Waals surface area contributed by atoms with Gasteiger partial charge in [-0.05, 0) is 96.3 Å². The molecule has 6 aromatic rings. The largest absolute Gasteiger partial charge is 0.508 e. The van der Waals surface area contributed by atoms with Gasteiger partial charge in [-0.2, -0.15) is 0 Å². The van der Waals surface area contributed by atoms with E-state index in [0.717, 1.165) is 42.2 Å². The number of likely N-dealkylation sites (tertiary alicyclic amines) is 1. The van der Waals surface area contributed by atoms with Crippen molar-refractivity contribution in [1.82, 2.24) is 20.5 Å². The number of aliphatic hydroxyl groups excluding tert-OH is 1. The van der Waals surface area contributed by atoms with E-state index in [-0.39, 0.29) is 81.7 Å². The summed E-state index contributed by atoms with van der Waals surface area (Å²) in [6.07, 6.45) is -0.778. The topological polar surface area (TPSA) is 206 Å². The van der Waals surface area contributed by atoms with Crippen LogP contribution in [0.3, 0.4) is 0 Å². The maximum Gasteiger partial charge on any atom is 0.246 e. The minimum atomic E-state index is -0.928. The fraction of sp³-hybridized carbons (Fsp3) is 0.340. The molecule has 1 aliphatic heterocycles. The Morgan fingerprint density at radius 2 is 1.45 bits per heavy atom. The van der Waals surface area contributed by atoms with Crippen molar-refractivity contribution in [1.29, 1.82) is 0 Å². The third kappa shape index (κ3) is 12.6. The smallest absolute Gasteiger partial charge is 0.246 e. The first-order valence-electron chi connectivity index (χ1n) is 22.0. The van der Waals surface area contributed by atoms with Crippen LogP contribution in [0.4, 0.5) is 0 Å². The van der Waals surface area contributed by atoms with Crippen molar-refractivity contribution in [3.8, 4) is 38.1 Å². The van der Waals surface area contributed by atoms with Crippen LogP contribution in [0.25, 0.3) is 31.0 Å². The molecular weight excluding hydrogens is 897 g/mol. The second-order valence-corrected chi connectivity index (χ2v) is 18.3. The lowest BCUT2D eigenvalue weighted by Crippen LogP contribution is -2.55. The summed E-state index contributed by atoms with van der Waals surface area (Å²) in [6.45, 7) is 6.99. The average molecular weight is 951 g/mol. The Morgan fingerprint density at radius 3 is 2.12 bits per heavy atom. The van der Waals surface area contributed by atoms with Crippen LogP contribution < -0.4 is 15.4 Å². The van der Waals surface area contributed by atoms with Crippen LogP contribution >= 0.6 is 22.7 Å². The number of aromatic nitrogens is 1. The molecule has 3 atom stereocenters. The number of thiophene rings is 1. The van der Waals surface area contributed by atoms with Gasteiger partial charge in [0.2, 0.25) is 17.7 Å². The summed E-state index contributed by atoms with van der Waals surface area (Å²) in [5.41, 5.74) is 6.47. The Hall–Kier alpha value is -6.21. The number of aliphatic hydroxyl groups is 1. The maximum atomic E-state index is 13.9. The highest BCUT2D eigenvalue weighted by atomic mass is 32.1. The van der Waals surface area contributed by atoms with Gasteiger partial charge < -0.3 is 49.8 Å². The number of β-amino-alcohol motifs (C(OH)–C–C–N with tert-alkyl or cyclic N) is 1. The number of hydrogen-bond donors (Lipinski definition) is 5. The fourth-order valence-corrected chi connectivity index (χ4v) is 9.72. The Morgan fingerprint density at radius 1 is 0.806 bits per heavy atom. The van der Waals surface area contributed by atoms with Gasteiger partial charge in [0.25, 0.3) is 0 Å². The van der Waals surface area contributed by atoms with Crippen molar-refractivity contribution < 1.29 is 53.4 Å². The molecule has 1 unspecified atom stereocenters. The van der Waals surface area contributed by atoms with Gasteiger partial charge in [-0.25, -0.2) is 4.98 Å². The van der Waals surface area contributed by atoms with E-state index in [1.54, 1.807) is 97.4 Å². The number of fused-ring (bicyclic) bond motifs is 1. The molecule has 4 aromatic carbocycles. The lowest BCUT2D eigenvalue weighted by Gasteiger charge is -2.30. The standard InChI is InChI=1S/C50H54N4O11S2/c1-30(2)45(50(61)54-27-38(57)24-41(54)49(60)51-26-32-4-6-34(7-5-32)47-31(3)52-29-66-47)53-43(58)28-64-21-20-62-18-19-63-22-23-65-39-15-10-33(11-16-39)46(59)44-40-17-14-37(56)25-42(40)67-48(44)35-8-12-36(55)13-9-35/h4-17,25,29-30,38,41,45,55-57H,18-24,26-28H2,1-3H3,(H,51,60)(H,53,58)/t38-,41+,45?/m1/s1. The lowest BCUT2D eigenvalue weighted by molar-refractivity contribution is -0.143. The van der Waals surface area contributed by atoms with Crippen LogP contribution in [0.15, 0.2) is 96.5 Å². The van der Waals surface area contributed by atoms with E-state index in [1.807, 2.05) is 31.2 Å². The number of aryl methyl sites for hydroxylation is 1. The molecular formula is C50H54N4O11S2. The number of ketones is 1. The van der Waals surface area contributed by atoms with Crippen molar-refractivity contribution in [2.24, 2.45) is 5.92 Å². The predicted octanol–water partition coefficient (Wildman–Crippen LogP) is 6.49. The van der Waals surface area contributed by atoms with Crippen LogP contribution in [0, 0.1) is 12.8 Å². The quantitative estimate of drug-likeness (QED) is 0.0366. The van der Waals surface area contributed by atoms with Gasteiger partial charge in [0.1, 0.15) is 42.5 Å². The lowest BCUT2D eigenvalue weighted by atomic mass is 9.97. The van der Waals surface area contributed by atoms with Gasteiger partial charge in [0.15, 0.2) is 5.78 Å². The van der Waals surface area contributed by atoms with Gasteiger partial charge in [-0.15, -0.1) is 22.7 Å². The number of thiazole rings is 1. The number of benzene rings is 4. The molecule has 1 fully saturated rings. The summed E-state index contributed by atoms with van der Waals surface area (Å²) in [5, 5.41) is 36.7. The molecule has 2 aromatic heterocycles. The van der Waals surface area contributed by atoms with Crippen molar-refractivity contribution >= 4 is 56.3 Å². The van der Waals surface area contributed by atoms with Gasteiger partial charge in [-0.3, -0.25) is 19.2 Å². The van der Waals surface area contributed by atoms with Gasteiger partial charge >= 0.3 is 0 Å². The second-order valence-electron chi connectivity index (χ2n) is 16.4. The van der Waals surface area contributed by atoms with E-state index in [9.17, 15) is 34.5 Å². The predicted molar refractivity (Wildman–Crippen MR) is 255 cm³/mol. The number of nitrogens with zero attached hydrogens (tertiary/aromatic N) is 2. The molecule has 0 bridgehead atoms. The van der Waals surface area contributed by atoms with E-state index in [4.69, 9.17) is 18.9 Å². The Bertz CT molecular complexity index is 2630. The number of nitrogens with one attached hydrogen (secondary N) is 2. The molecule has 352 valence electrons. The Labute approximate surface area is 396 Å². The minimum absolute atomic E-state index is 0.0182. The Balaban J connectivity index is 0.769. The van der Waals surface area contributed by atoms with Crippen LogP contribution in [0.1, 0.15) is 47.4 Å². The van der Waals surface area contributed by atoms with Gasteiger partial charge in [0, 0.05) is 45.6 Å². The third-order valence-electron chi connectivity index (χ3n) is 11.2. The summed E-state index contributed by atoms with van der Waals surface area (Å²) < 4.78 is 23.2. The summed E-state index contributed by atoms with van der Waals surface area (Å²) >= 11 is 2.97. The Kier molecular flexibility index (Phi) is 16.7. The number of carbonyl (C=O) groups is 4. The van der Waals surface area contributed by atoms with Gasteiger partial charge in [-0.1, -0.05) is 38.1 Å². The second kappa shape index (κ2) is 23.0. The number of amides is 3. The first kappa shape index (κ1) is 48.7. The molecule has 1 aliphatic rings. The summed E-state index contributed by atoms with van der Waals surface area (Å²) in [6, 6.07) is 24.5. The van der Waals surface area contributed by atoms with E-state index < -0.39 is 30.0 Å². The van der Waals surface area contributed by atoms with Crippen LogP contribution in [0.5, 0.6) is 17.2 Å². The molecule has 5 N–H and O–H groups in total. The SMILES string of the molecule is Cc1ncsc1-c1ccc(CNC(=O)[C@@H]2C[C@@H](O)CN2C(=O)C(NC(=O)COCCOCCOCCOc2ccc(C(=O)c3c(-c4ccc(O)cc4)sc4cc(O)ccc34)cc2)C(C)C)cc1. The van der Waals surface area contributed by atoms with Crippen molar-refractivity contribution in [2.45, 2.75) is 51.9 Å². The zero-order valence-corrected chi connectivity index (χ0v) is 39.1. The van der Waals surface area contributed by atoms with E-state index in [0.29, 0.717) is 30.1 Å². The van der Waals surface area contributed by atoms with Crippen LogP contribution in [0.2, 0.25) is 0 Å². The number of ether oxygens (including phenoxy) is 4.